The summed E-state index contributed by atoms with van der Waals surface area (Å²) >= 11 is 1.47. The smallest absolute Gasteiger partial charge is 0.233 e. The summed E-state index contributed by atoms with van der Waals surface area (Å²) < 4.78 is 5.54. The lowest BCUT2D eigenvalue weighted by Gasteiger charge is -2.13. The number of hydrogen-bond acceptors (Lipinski definition) is 4. The fraction of sp³-hybridized carbons (Fsp3) is 0.263. The highest BCUT2D eigenvalue weighted by Gasteiger charge is 2.13. The first-order valence-electron chi connectivity index (χ1n) is 8.04. The van der Waals surface area contributed by atoms with E-state index in [9.17, 15) is 9.59 Å². The SMILES string of the molecule is CC(=O)Nc1ccc(SC(C)C(=O)NCCOc2ccccc2)cc1. The maximum atomic E-state index is 12.1. The number of nitrogens with one attached hydrogen (secondary N) is 2. The minimum absolute atomic E-state index is 0.0346. The van der Waals surface area contributed by atoms with E-state index in [0.29, 0.717) is 13.2 Å². The zero-order valence-electron chi connectivity index (χ0n) is 14.3. The van der Waals surface area contributed by atoms with E-state index >= 15 is 0 Å². The minimum Gasteiger partial charge on any atom is -0.492 e. The quantitative estimate of drug-likeness (QED) is 0.561. The molecule has 0 fully saturated rings. The monoisotopic (exact) mass is 358 g/mol. The minimum atomic E-state index is -0.219. The van der Waals surface area contributed by atoms with Crippen LogP contribution in [-0.2, 0) is 9.59 Å². The number of carbonyl (C=O) groups is 2. The van der Waals surface area contributed by atoms with Gasteiger partial charge >= 0.3 is 0 Å². The first-order valence-corrected chi connectivity index (χ1v) is 8.92. The lowest BCUT2D eigenvalue weighted by molar-refractivity contribution is -0.120. The first kappa shape index (κ1) is 18.9. The van der Waals surface area contributed by atoms with Gasteiger partial charge in [0.2, 0.25) is 11.8 Å². The van der Waals surface area contributed by atoms with E-state index in [-0.39, 0.29) is 17.1 Å². The maximum absolute atomic E-state index is 12.1. The van der Waals surface area contributed by atoms with Crippen molar-refractivity contribution in [3.8, 4) is 5.75 Å². The Labute approximate surface area is 152 Å². The van der Waals surface area contributed by atoms with Crippen LogP contribution in [0.1, 0.15) is 13.8 Å². The molecular weight excluding hydrogens is 336 g/mol. The molecular formula is C19H22N2O3S. The van der Waals surface area contributed by atoms with E-state index in [1.807, 2.05) is 61.5 Å². The van der Waals surface area contributed by atoms with Crippen molar-refractivity contribution in [2.24, 2.45) is 0 Å². The molecule has 1 unspecified atom stereocenters. The van der Waals surface area contributed by atoms with Crippen LogP contribution >= 0.6 is 11.8 Å². The predicted octanol–water partition coefficient (Wildman–Crippen LogP) is 3.32. The molecule has 0 aliphatic carbocycles. The van der Waals surface area contributed by atoms with Crippen LogP contribution in [0.5, 0.6) is 5.75 Å². The average Bonchev–Trinajstić information content (AvgIpc) is 2.60. The van der Waals surface area contributed by atoms with Crippen LogP contribution in [0.15, 0.2) is 59.5 Å². The molecule has 132 valence electrons. The zero-order chi connectivity index (χ0) is 18.1. The number of carbonyl (C=O) groups excluding carboxylic acids is 2. The van der Waals surface area contributed by atoms with E-state index in [4.69, 9.17) is 4.74 Å². The Morgan fingerprint density at radius 2 is 1.76 bits per heavy atom. The number of amides is 2. The summed E-state index contributed by atoms with van der Waals surface area (Å²) in [6.45, 7) is 4.22. The van der Waals surface area contributed by atoms with Gasteiger partial charge in [0.1, 0.15) is 12.4 Å². The molecule has 1 atom stereocenters. The second-order valence-corrected chi connectivity index (χ2v) is 6.83. The number of hydrogen-bond donors (Lipinski definition) is 2. The Balaban J connectivity index is 1.71. The highest BCUT2D eigenvalue weighted by molar-refractivity contribution is 8.00. The summed E-state index contributed by atoms with van der Waals surface area (Å²) in [6.07, 6.45) is 0. The molecule has 2 amide bonds. The summed E-state index contributed by atoms with van der Waals surface area (Å²) in [5, 5.41) is 5.36. The van der Waals surface area contributed by atoms with Crippen molar-refractivity contribution in [1.29, 1.82) is 0 Å². The summed E-state index contributed by atoms with van der Waals surface area (Å²) in [7, 11) is 0. The fourth-order valence-corrected chi connectivity index (χ4v) is 2.97. The number of anilines is 1. The first-order chi connectivity index (χ1) is 12.0. The average molecular weight is 358 g/mol. The molecule has 0 aliphatic heterocycles. The van der Waals surface area contributed by atoms with Gasteiger partial charge in [0, 0.05) is 17.5 Å². The molecule has 0 aromatic heterocycles. The molecule has 2 aromatic rings. The fourth-order valence-electron chi connectivity index (χ4n) is 2.08. The summed E-state index contributed by atoms with van der Waals surface area (Å²) in [6, 6.07) is 16.9. The Kier molecular flexibility index (Phi) is 7.35. The van der Waals surface area contributed by atoms with Crippen molar-refractivity contribution in [2.45, 2.75) is 24.0 Å². The van der Waals surface area contributed by atoms with Crippen LogP contribution in [0.4, 0.5) is 5.69 Å². The van der Waals surface area contributed by atoms with Gasteiger partial charge < -0.3 is 15.4 Å². The second-order valence-electron chi connectivity index (χ2n) is 5.42. The predicted molar refractivity (Wildman–Crippen MR) is 101 cm³/mol. The third-order valence-corrected chi connectivity index (χ3v) is 4.38. The Morgan fingerprint density at radius 1 is 1.08 bits per heavy atom. The Bertz CT molecular complexity index is 690. The molecule has 0 radical (unpaired) electrons. The highest BCUT2D eigenvalue weighted by Crippen LogP contribution is 2.24. The van der Waals surface area contributed by atoms with Crippen molar-refractivity contribution < 1.29 is 14.3 Å². The maximum Gasteiger partial charge on any atom is 0.233 e. The third kappa shape index (κ3) is 6.89. The van der Waals surface area contributed by atoms with E-state index < -0.39 is 0 Å². The van der Waals surface area contributed by atoms with E-state index in [0.717, 1.165) is 16.3 Å². The molecule has 0 heterocycles. The van der Waals surface area contributed by atoms with Gasteiger partial charge in [-0.25, -0.2) is 0 Å². The number of ether oxygens (including phenoxy) is 1. The molecule has 6 heteroatoms. The van der Waals surface area contributed by atoms with Crippen LogP contribution in [-0.4, -0.2) is 30.2 Å². The standard InChI is InChI=1S/C19H22N2O3S/c1-14(25-18-10-8-16(9-11-18)21-15(2)22)19(23)20-12-13-24-17-6-4-3-5-7-17/h3-11,14H,12-13H2,1-2H3,(H,20,23)(H,21,22). The normalized spacial score (nSPS) is 11.4. The van der Waals surface area contributed by atoms with E-state index in [1.165, 1.54) is 18.7 Å². The van der Waals surface area contributed by atoms with Gasteiger partial charge in [-0.05, 0) is 43.3 Å². The summed E-state index contributed by atoms with van der Waals surface area (Å²) in [5.41, 5.74) is 0.743. The molecule has 2 N–H and O–H groups in total. The van der Waals surface area contributed by atoms with Crippen LogP contribution in [0, 0.1) is 0 Å². The third-order valence-electron chi connectivity index (χ3n) is 3.27. The molecule has 25 heavy (non-hydrogen) atoms. The van der Waals surface area contributed by atoms with Crippen molar-refractivity contribution in [2.75, 3.05) is 18.5 Å². The molecule has 2 aromatic carbocycles. The van der Waals surface area contributed by atoms with E-state index in [1.54, 1.807) is 0 Å². The van der Waals surface area contributed by atoms with Gasteiger partial charge in [-0.1, -0.05) is 18.2 Å². The highest BCUT2D eigenvalue weighted by atomic mass is 32.2. The van der Waals surface area contributed by atoms with Crippen molar-refractivity contribution >= 4 is 29.3 Å². The van der Waals surface area contributed by atoms with Gasteiger partial charge in [-0.15, -0.1) is 11.8 Å². The molecule has 0 saturated carbocycles. The molecule has 0 spiro atoms. The van der Waals surface area contributed by atoms with Crippen LogP contribution in [0.25, 0.3) is 0 Å². The van der Waals surface area contributed by atoms with Crippen LogP contribution in [0.3, 0.4) is 0 Å². The lowest BCUT2D eigenvalue weighted by atomic mass is 10.3. The molecule has 2 rings (SSSR count). The molecule has 0 saturated heterocycles. The second kappa shape index (κ2) is 9.74. The lowest BCUT2D eigenvalue weighted by Crippen LogP contribution is -2.33. The topological polar surface area (TPSA) is 67.4 Å². The molecule has 0 bridgehead atoms. The van der Waals surface area contributed by atoms with Gasteiger partial charge in [0.25, 0.3) is 0 Å². The van der Waals surface area contributed by atoms with Crippen LogP contribution in [0.2, 0.25) is 0 Å². The van der Waals surface area contributed by atoms with Gasteiger partial charge in [0.15, 0.2) is 0 Å². The van der Waals surface area contributed by atoms with Crippen molar-refractivity contribution in [1.82, 2.24) is 5.32 Å². The zero-order valence-corrected chi connectivity index (χ0v) is 15.1. The Morgan fingerprint density at radius 3 is 2.40 bits per heavy atom. The van der Waals surface area contributed by atoms with Gasteiger partial charge in [0.05, 0.1) is 11.8 Å². The van der Waals surface area contributed by atoms with Gasteiger partial charge in [-0.3, -0.25) is 9.59 Å². The number of benzene rings is 2. The van der Waals surface area contributed by atoms with Crippen molar-refractivity contribution in [3.05, 3.63) is 54.6 Å². The number of para-hydroxylation sites is 1. The van der Waals surface area contributed by atoms with Crippen molar-refractivity contribution in [3.63, 3.8) is 0 Å². The summed E-state index contributed by atoms with van der Waals surface area (Å²) in [5.74, 6) is 0.650. The molecule has 5 nitrogen and oxygen atoms in total. The van der Waals surface area contributed by atoms with Gasteiger partial charge in [-0.2, -0.15) is 0 Å². The Hall–Kier alpha value is -2.47. The van der Waals surface area contributed by atoms with E-state index in [2.05, 4.69) is 10.6 Å². The van der Waals surface area contributed by atoms with Crippen LogP contribution < -0.4 is 15.4 Å². The summed E-state index contributed by atoms with van der Waals surface area (Å²) in [4.78, 5) is 24.1. The number of thioether (sulfide) groups is 1. The largest absolute Gasteiger partial charge is 0.492 e. The number of rotatable bonds is 8. The molecule has 0 aliphatic rings.